The summed E-state index contributed by atoms with van der Waals surface area (Å²) in [6.07, 6.45) is 6.65. The van der Waals surface area contributed by atoms with Gasteiger partial charge in [-0.05, 0) is 25.3 Å². The topological polar surface area (TPSA) is 68.0 Å². The molecule has 98 valence electrons. The van der Waals surface area contributed by atoms with Crippen LogP contribution in [0.15, 0.2) is 24.5 Å². The molecule has 5 nitrogen and oxygen atoms in total. The summed E-state index contributed by atoms with van der Waals surface area (Å²) in [5.41, 5.74) is 3.73. The molecule has 3 heterocycles. The van der Waals surface area contributed by atoms with Gasteiger partial charge < -0.3 is 5.11 Å². The van der Waals surface area contributed by atoms with Gasteiger partial charge in [-0.1, -0.05) is 6.07 Å². The highest BCUT2D eigenvalue weighted by molar-refractivity contribution is 5.76. The lowest BCUT2D eigenvalue weighted by atomic mass is 9.99. The van der Waals surface area contributed by atoms with Gasteiger partial charge in [0, 0.05) is 35.8 Å². The van der Waals surface area contributed by atoms with Crippen molar-refractivity contribution in [2.45, 2.75) is 32.2 Å². The molecule has 0 saturated carbocycles. The number of hydrogen-bond donors (Lipinski definition) is 1. The molecule has 3 rings (SSSR count). The van der Waals surface area contributed by atoms with E-state index in [0.717, 1.165) is 42.6 Å². The number of aromatic nitrogens is 3. The molecule has 0 fully saturated rings. The first-order valence-corrected chi connectivity index (χ1v) is 6.46. The van der Waals surface area contributed by atoms with E-state index in [1.807, 2.05) is 16.8 Å². The first-order valence-electron chi connectivity index (χ1n) is 6.46. The summed E-state index contributed by atoms with van der Waals surface area (Å²) in [7, 11) is 0. The third-order valence-electron chi connectivity index (χ3n) is 3.43. The first kappa shape index (κ1) is 11.9. The largest absolute Gasteiger partial charge is 0.481 e. The number of pyridine rings is 1. The number of aliphatic carboxylic acids is 1. The molecule has 2 aromatic rings. The number of nitrogens with zero attached hydrogens (tertiary/aromatic N) is 3. The van der Waals surface area contributed by atoms with E-state index in [2.05, 4.69) is 10.1 Å². The van der Waals surface area contributed by atoms with Gasteiger partial charge in [0.25, 0.3) is 0 Å². The predicted octanol–water partition coefficient (Wildman–Crippen LogP) is 1.91. The number of rotatable bonds is 3. The van der Waals surface area contributed by atoms with Crippen molar-refractivity contribution in [3.05, 3.63) is 35.9 Å². The minimum Gasteiger partial charge on any atom is -0.481 e. The predicted molar refractivity (Wildman–Crippen MR) is 69.7 cm³/mol. The molecule has 0 spiro atoms. The molecule has 0 saturated heterocycles. The molecule has 0 radical (unpaired) electrons. The molecule has 5 heteroatoms. The van der Waals surface area contributed by atoms with Crippen LogP contribution in [0.3, 0.4) is 0 Å². The van der Waals surface area contributed by atoms with Gasteiger partial charge in [0.15, 0.2) is 0 Å². The average Bonchev–Trinajstić information content (AvgIpc) is 2.76. The van der Waals surface area contributed by atoms with Crippen LogP contribution >= 0.6 is 0 Å². The second-order valence-electron chi connectivity index (χ2n) is 4.76. The van der Waals surface area contributed by atoms with Crippen molar-refractivity contribution in [3.63, 3.8) is 0 Å². The highest BCUT2D eigenvalue weighted by Crippen LogP contribution is 2.31. The lowest BCUT2D eigenvalue weighted by molar-refractivity contribution is -0.136. The minimum atomic E-state index is -0.847. The van der Waals surface area contributed by atoms with Gasteiger partial charge in [0.1, 0.15) is 0 Å². The van der Waals surface area contributed by atoms with Crippen LogP contribution in [0.25, 0.3) is 11.1 Å². The van der Waals surface area contributed by atoms with Gasteiger partial charge in [0.2, 0.25) is 0 Å². The zero-order valence-electron chi connectivity index (χ0n) is 10.5. The molecule has 0 aromatic carbocycles. The minimum absolute atomic E-state index is 0.0375. The molecule has 2 aromatic heterocycles. The van der Waals surface area contributed by atoms with Crippen LogP contribution in [-0.2, 0) is 24.2 Å². The molecule has 0 bridgehead atoms. The Morgan fingerprint density at radius 2 is 2.32 bits per heavy atom. The van der Waals surface area contributed by atoms with Gasteiger partial charge in [0.05, 0.1) is 12.1 Å². The number of carboxylic acids is 1. The SMILES string of the molecule is O=C(O)Cc1nn2c(c1-c1cccnc1)CCCC2. The number of carboxylic acid groups (broad SMARTS) is 1. The summed E-state index contributed by atoms with van der Waals surface area (Å²) in [6, 6.07) is 3.83. The van der Waals surface area contributed by atoms with Crippen LogP contribution in [0.4, 0.5) is 0 Å². The molecule has 1 N–H and O–H groups in total. The van der Waals surface area contributed by atoms with E-state index in [-0.39, 0.29) is 6.42 Å². The second kappa shape index (κ2) is 4.84. The van der Waals surface area contributed by atoms with Crippen molar-refractivity contribution in [1.29, 1.82) is 0 Å². The fourth-order valence-electron chi connectivity index (χ4n) is 2.66. The van der Waals surface area contributed by atoms with E-state index in [1.165, 1.54) is 0 Å². The number of aryl methyl sites for hydroxylation is 1. The Hall–Kier alpha value is -2.17. The third kappa shape index (κ3) is 2.23. The van der Waals surface area contributed by atoms with Gasteiger partial charge in [-0.2, -0.15) is 5.10 Å². The van der Waals surface area contributed by atoms with Gasteiger partial charge in [-0.25, -0.2) is 0 Å². The maximum Gasteiger partial charge on any atom is 0.309 e. The van der Waals surface area contributed by atoms with Gasteiger partial charge in [-0.3, -0.25) is 14.5 Å². The summed E-state index contributed by atoms with van der Waals surface area (Å²) in [5, 5.41) is 13.5. The summed E-state index contributed by atoms with van der Waals surface area (Å²) >= 11 is 0. The molecule has 0 unspecified atom stereocenters. The monoisotopic (exact) mass is 257 g/mol. The fourth-order valence-corrected chi connectivity index (χ4v) is 2.66. The van der Waals surface area contributed by atoms with E-state index < -0.39 is 5.97 Å². The van der Waals surface area contributed by atoms with E-state index in [4.69, 9.17) is 5.11 Å². The molecular formula is C14H15N3O2. The zero-order chi connectivity index (χ0) is 13.2. The molecule has 1 aliphatic rings. The first-order chi connectivity index (χ1) is 9.25. The summed E-state index contributed by atoms with van der Waals surface area (Å²) in [6.45, 7) is 0.877. The summed E-state index contributed by atoms with van der Waals surface area (Å²) in [4.78, 5) is 15.1. The Labute approximate surface area is 110 Å². The van der Waals surface area contributed by atoms with Crippen LogP contribution in [0.5, 0.6) is 0 Å². The lowest BCUT2D eigenvalue weighted by Gasteiger charge is -2.14. The Balaban J connectivity index is 2.14. The Morgan fingerprint density at radius 3 is 3.05 bits per heavy atom. The van der Waals surface area contributed by atoms with E-state index in [0.29, 0.717) is 5.69 Å². The van der Waals surface area contributed by atoms with Crippen molar-refractivity contribution in [1.82, 2.24) is 14.8 Å². The Kier molecular flexibility index (Phi) is 3.03. The molecular weight excluding hydrogens is 242 g/mol. The van der Waals surface area contributed by atoms with Crippen LogP contribution in [0, 0.1) is 0 Å². The maximum atomic E-state index is 11.0. The molecule has 0 amide bonds. The van der Waals surface area contributed by atoms with Crippen molar-refractivity contribution in [3.8, 4) is 11.1 Å². The maximum absolute atomic E-state index is 11.0. The van der Waals surface area contributed by atoms with Crippen LogP contribution in [0.1, 0.15) is 24.2 Å². The average molecular weight is 257 g/mol. The molecule has 0 atom stereocenters. The summed E-state index contributed by atoms with van der Waals surface area (Å²) in [5.74, 6) is -0.847. The van der Waals surface area contributed by atoms with Gasteiger partial charge >= 0.3 is 5.97 Å². The molecule has 1 aliphatic heterocycles. The summed E-state index contributed by atoms with van der Waals surface area (Å²) < 4.78 is 1.96. The van der Waals surface area contributed by atoms with E-state index >= 15 is 0 Å². The van der Waals surface area contributed by atoms with Crippen LogP contribution in [0.2, 0.25) is 0 Å². The fraction of sp³-hybridized carbons (Fsp3) is 0.357. The smallest absolute Gasteiger partial charge is 0.309 e. The van der Waals surface area contributed by atoms with Crippen molar-refractivity contribution >= 4 is 5.97 Å². The number of fused-ring (bicyclic) bond motifs is 1. The van der Waals surface area contributed by atoms with Gasteiger partial charge in [-0.15, -0.1) is 0 Å². The highest BCUT2D eigenvalue weighted by Gasteiger charge is 2.22. The number of hydrogen-bond acceptors (Lipinski definition) is 3. The van der Waals surface area contributed by atoms with E-state index in [9.17, 15) is 4.79 Å². The Morgan fingerprint density at radius 1 is 1.42 bits per heavy atom. The van der Waals surface area contributed by atoms with E-state index in [1.54, 1.807) is 12.4 Å². The van der Waals surface area contributed by atoms with Crippen molar-refractivity contribution < 1.29 is 9.90 Å². The standard InChI is InChI=1S/C14H15N3O2/c18-13(19)8-11-14(10-4-3-6-15-9-10)12-5-1-2-7-17(12)16-11/h3-4,6,9H,1-2,5,7-8H2,(H,18,19). The Bertz CT molecular complexity index is 605. The zero-order valence-corrected chi connectivity index (χ0v) is 10.5. The third-order valence-corrected chi connectivity index (χ3v) is 3.43. The quantitative estimate of drug-likeness (QED) is 0.912. The number of carbonyl (C=O) groups is 1. The van der Waals surface area contributed by atoms with Crippen LogP contribution in [-0.4, -0.2) is 25.8 Å². The highest BCUT2D eigenvalue weighted by atomic mass is 16.4. The normalized spacial score (nSPS) is 14.1. The van der Waals surface area contributed by atoms with Crippen molar-refractivity contribution in [2.24, 2.45) is 0 Å². The second-order valence-corrected chi connectivity index (χ2v) is 4.76. The molecule has 19 heavy (non-hydrogen) atoms. The molecule has 0 aliphatic carbocycles. The van der Waals surface area contributed by atoms with Crippen LogP contribution < -0.4 is 0 Å². The lowest BCUT2D eigenvalue weighted by Crippen LogP contribution is -2.11. The van der Waals surface area contributed by atoms with Crippen molar-refractivity contribution in [2.75, 3.05) is 0 Å².